The molecule has 14 heteroatoms. The molecule has 2 amide bonds. The van der Waals surface area contributed by atoms with Crippen molar-refractivity contribution >= 4 is 35.0 Å². The molecule has 5 N–H and O–H groups in total. The van der Waals surface area contributed by atoms with Gasteiger partial charge in [-0.25, -0.2) is 19.9 Å². The second kappa shape index (κ2) is 21.5. The van der Waals surface area contributed by atoms with Gasteiger partial charge >= 0.3 is 0 Å². The Kier molecular flexibility index (Phi) is 15.1. The molecule has 4 aliphatic rings. The van der Waals surface area contributed by atoms with Gasteiger partial charge in [-0.2, -0.15) is 0 Å². The number of piperidine rings is 2. The number of carbonyl (C=O) groups excluding carboxylic acids is 2. The highest BCUT2D eigenvalue weighted by atomic mass is 35.5. The van der Waals surface area contributed by atoms with Crippen LogP contribution in [-0.2, 0) is 58.9 Å². The number of nitrogens with zero attached hydrogens (tertiary/aromatic N) is 7. The zero-order chi connectivity index (χ0) is 48.0. The van der Waals surface area contributed by atoms with E-state index in [2.05, 4.69) is 63.6 Å². The van der Waals surface area contributed by atoms with Crippen LogP contribution in [0, 0.1) is 0 Å². The number of aryl methyl sites for hydroxylation is 4. The van der Waals surface area contributed by atoms with Crippen molar-refractivity contribution < 1.29 is 9.59 Å². The number of rotatable bonds is 16. The largest absolute Gasteiger partial charge is 0.369 e. The Bertz CT molecular complexity index is 2750. The van der Waals surface area contributed by atoms with Gasteiger partial charge in [-0.15, -0.1) is 0 Å². The van der Waals surface area contributed by atoms with Crippen molar-refractivity contribution in [1.82, 2.24) is 40.1 Å². The lowest BCUT2D eigenvalue weighted by molar-refractivity contribution is -0.121. The van der Waals surface area contributed by atoms with E-state index in [0.29, 0.717) is 47.6 Å². The van der Waals surface area contributed by atoms with Crippen LogP contribution in [0.3, 0.4) is 0 Å². The Balaban J connectivity index is 0.000000172. The van der Waals surface area contributed by atoms with Gasteiger partial charge in [0.1, 0.15) is 11.6 Å². The number of hydrogen-bond donors (Lipinski definition) is 3. The van der Waals surface area contributed by atoms with Gasteiger partial charge in [0, 0.05) is 60.9 Å². The zero-order valence-corrected chi connectivity index (χ0v) is 41.0. The monoisotopic (exact) mass is 964 g/mol. The van der Waals surface area contributed by atoms with E-state index in [1.54, 1.807) is 12.4 Å². The predicted octanol–water partition coefficient (Wildman–Crippen LogP) is 8.11. The van der Waals surface area contributed by atoms with Crippen molar-refractivity contribution in [3.8, 4) is 0 Å². The third-order valence-electron chi connectivity index (χ3n) is 14.8. The Morgan fingerprint density at radius 3 is 1.43 bits per heavy atom. The Morgan fingerprint density at radius 2 is 1.03 bits per heavy atom. The van der Waals surface area contributed by atoms with Crippen molar-refractivity contribution in [3.63, 3.8) is 0 Å². The fourth-order valence-corrected chi connectivity index (χ4v) is 10.6. The van der Waals surface area contributed by atoms with Crippen molar-refractivity contribution in [2.75, 3.05) is 33.2 Å². The summed E-state index contributed by atoms with van der Waals surface area (Å²) in [5.74, 6) is 2.10. The SMILES string of the molecule is CN1CCC(c2ccc(Cc3ncc(Cl)c(CCc4ccccc4C4(C(N)=O)CC4)n3)cn2)CC1.NC(=O)C1(c2ccccc2CCc2nc(Cc3ccc(C4CCNCC4)nc3)ncc2Cl)CC1. The number of pyridine rings is 2. The maximum absolute atomic E-state index is 12.1. The van der Waals surface area contributed by atoms with Crippen LogP contribution in [-0.4, -0.2) is 79.8 Å². The van der Waals surface area contributed by atoms with Crippen LogP contribution >= 0.6 is 23.2 Å². The van der Waals surface area contributed by atoms with Gasteiger partial charge < -0.3 is 21.7 Å². The van der Waals surface area contributed by atoms with E-state index in [1.807, 2.05) is 48.8 Å². The Morgan fingerprint density at radius 1 is 0.594 bits per heavy atom. The van der Waals surface area contributed by atoms with Crippen molar-refractivity contribution in [3.05, 3.63) is 175 Å². The third-order valence-corrected chi connectivity index (χ3v) is 15.5. The van der Waals surface area contributed by atoms with E-state index in [-0.39, 0.29) is 11.8 Å². The first-order valence-corrected chi connectivity index (χ1v) is 25.3. The maximum atomic E-state index is 12.1. The number of primary amides is 2. The summed E-state index contributed by atoms with van der Waals surface area (Å²) in [4.78, 5) is 54.5. The van der Waals surface area contributed by atoms with Crippen LogP contribution in [0.15, 0.2) is 97.6 Å². The fraction of sp³-hybridized carbons (Fsp3) is 0.418. The van der Waals surface area contributed by atoms with Crippen LogP contribution in [0.5, 0.6) is 0 Å². The van der Waals surface area contributed by atoms with E-state index in [4.69, 9.17) is 54.6 Å². The molecular weight excluding hydrogens is 904 g/mol. The number of benzene rings is 2. The summed E-state index contributed by atoms with van der Waals surface area (Å²) in [5, 5.41) is 4.54. The van der Waals surface area contributed by atoms with Crippen LogP contribution < -0.4 is 16.8 Å². The topological polar surface area (TPSA) is 179 Å². The molecule has 0 spiro atoms. The highest BCUT2D eigenvalue weighted by Crippen LogP contribution is 2.50. The van der Waals surface area contributed by atoms with Crippen molar-refractivity contribution in [2.24, 2.45) is 11.5 Å². The first-order chi connectivity index (χ1) is 33.5. The van der Waals surface area contributed by atoms with Gasteiger partial charge in [-0.1, -0.05) is 83.9 Å². The second-order valence-corrected chi connectivity index (χ2v) is 20.3. The molecule has 0 bridgehead atoms. The molecule has 0 unspecified atom stereocenters. The lowest BCUT2D eigenvalue weighted by Gasteiger charge is -2.28. The van der Waals surface area contributed by atoms with Crippen molar-refractivity contribution in [2.45, 2.75) is 113 Å². The van der Waals surface area contributed by atoms with Gasteiger partial charge in [0.05, 0.1) is 32.3 Å². The third kappa shape index (κ3) is 11.5. The van der Waals surface area contributed by atoms with Gasteiger partial charge in [0.2, 0.25) is 11.8 Å². The maximum Gasteiger partial charge on any atom is 0.228 e. The van der Waals surface area contributed by atoms with Crippen molar-refractivity contribution in [1.29, 1.82) is 0 Å². The molecule has 0 atom stereocenters. The summed E-state index contributed by atoms with van der Waals surface area (Å²) in [6, 6.07) is 24.8. The minimum absolute atomic E-state index is 0.234. The summed E-state index contributed by atoms with van der Waals surface area (Å²) in [6.45, 7) is 4.37. The minimum Gasteiger partial charge on any atom is -0.369 e. The fourth-order valence-electron chi connectivity index (χ4n) is 10.2. The van der Waals surface area contributed by atoms with E-state index in [0.717, 1.165) is 147 Å². The molecule has 6 heterocycles. The van der Waals surface area contributed by atoms with E-state index >= 15 is 0 Å². The van der Waals surface area contributed by atoms with E-state index in [9.17, 15) is 9.59 Å². The van der Waals surface area contributed by atoms with Crippen LogP contribution in [0.2, 0.25) is 10.0 Å². The lowest BCUT2D eigenvalue weighted by atomic mass is 9.88. The van der Waals surface area contributed by atoms with Crippen LogP contribution in [0.4, 0.5) is 0 Å². The molecule has 2 aliphatic heterocycles. The summed E-state index contributed by atoms with van der Waals surface area (Å²) < 4.78 is 0. The van der Waals surface area contributed by atoms with Gasteiger partial charge in [0.25, 0.3) is 0 Å². The molecule has 0 radical (unpaired) electrons. The first-order valence-electron chi connectivity index (χ1n) is 24.6. The number of nitrogens with two attached hydrogens (primary N) is 2. The smallest absolute Gasteiger partial charge is 0.228 e. The molecule has 12 nitrogen and oxygen atoms in total. The average molecular weight is 966 g/mol. The molecule has 2 saturated heterocycles. The summed E-state index contributed by atoms with van der Waals surface area (Å²) in [5.41, 5.74) is 21.0. The van der Waals surface area contributed by atoms with Crippen LogP contribution in [0.1, 0.15) is 131 Å². The summed E-state index contributed by atoms with van der Waals surface area (Å²) >= 11 is 12.9. The molecule has 2 aromatic carbocycles. The quantitative estimate of drug-likeness (QED) is 0.0859. The number of hydrogen-bond acceptors (Lipinski definition) is 10. The molecule has 4 aromatic heterocycles. The lowest BCUT2D eigenvalue weighted by Crippen LogP contribution is -2.29. The van der Waals surface area contributed by atoms with E-state index < -0.39 is 10.8 Å². The second-order valence-electron chi connectivity index (χ2n) is 19.5. The van der Waals surface area contributed by atoms with Gasteiger partial charge in [-0.05, 0) is 156 Å². The first kappa shape index (κ1) is 48.4. The zero-order valence-electron chi connectivity index (χ0n) is 39.5. The number of carbonyl (C=O) groups is 2. The molecule has 2 saturated carbocycles. The summed E-state index contributed by atoms with van der Waals surface area (Å²) in [7, 11) is 2.18. The number of likely N-dealkylation sites (tertiary alicyclic amines) is 1. The number of nitrogens with one attached hydrogen (secondary N) is 1. The Labute approximate surface area is 415 Å². The van der Waals surface area contributed by atoms with Gasteiger partial charge in [0.15, 0.2) is 0 Å². The number of amides is 2. The molecular formula is C55H62Cl2N10O2. The molecule has 69 heavy (non-hydrogen) atoms. The summed E-state index contributed by atoms with van der Waals surface area (Å²) in [6.07, 6.45) is 19.2. The molecule has 6 aromatic rings. The molecule has 2 aliphatic carbocycles. The van der Waals surface area contributed by atoms with E-state index in [1.165, 1.54) is 11.4 Å². The minimum atomic E-state index is -0.496. The Hall–Kier alpha value is -5.66. The normalized spacial score (nSPS) is 17.7. The number of aromatic nitrogens is 6. The highest BCUT2D eigenvalue weighted by molar-refractivity contribution is 6.31. The average Bonchev–Trinajstić information content (AvgIpc) is 4.32. The van der Waals surface area contributed by atoms with Crippen LogP contribution in [0.25, 0.3) is 0 Å². The molecule has 4 fully saturated rings. The van der Waals surface area contributed by atoms with Gasteiger partial charge in [-0.3, -0.25) is 19.6 Å². The highest BCUT2D eigenvalue weighted by Gasteiger charge is 2.51. The number of halogens is 2. The molecule has 10 rings (SSSR count). The molecule has 358 valence electrons. The predicted molar refractivity (Wildman–Crippen MR) is 270 cm³/mol. The standard InChI is InChI=1S/C28H32ClN5O.C27H30ClN5O/c1-34-14-10-21(11-15-34)24-8-6-19(17-31-24)16-26-32-18-23(29)25(33-26)9-7-20-4-2-3-5-22(20)28(12-13-28)27(30)35;28-22-17-32-25(15-18-5-7-23(31-16-18)20-9-13-30-14-10-20)33-24(22)8-6-19-3-1-2-4-21(19)27(11-12-27)26(29)34/h2-6,8,17-18,21H,7,9-16H2,1H3,(H2,30,35);1-5,7,16-17,20,30H,6,8-15H2,(H2,29,34).